The minimum absolute atomic E-state index is 0.0915. The summed E-state index contributed by atoms with van der Waals surface area (Å²) in [4.78, 5) is 19.4. The van der Waals surface area contributed by atoms with Gasteiger partial charge in [0.2, 0.25) is 5.91 Å². The number of para-hydroxylation sites is 2. The summed E-state index contributed by atoms with van der Waals surface area (Å²) in [5.41, 5.74) is 2.56. The molecule has 1 saturated heterocycles. The van der Waals surface area contributed by atoms with Crippen molar-refractivity contribution in [2.75, 3.05) is 36.5 Å². The molecule has 8 heteroatoms. The molecule has 1 fully saturated rings. The number of benzene rings is 2. The second-order valence-electron chi connectivity index (χ2n) is 6.82. The molecule has 0 atom stereocenters. The van der Waals surface area contributed by atoms with Crippen LogP contribution in [0.15, 0.2) is 53.9 Å². The summed E-state index contributed by atoms with van der Waals surface area (Å²) < 4.78 is 11.1. The molecule has 6 nitrogen and oxygen atoms in total. The first-order chi connectivity index (χ1) is 14.7. The summed E-state index contributed by atoms with van der Waals surface area (Å²) in [6, 6.07) is 15.0. The van der Waals surface area contributed by atoms with Crippen LogP contribution in [0.4, 0.5) is 11.4 Å². The van der Waals surface area contributed by atoms with E-state index in [2.05, 4.69) is 15.2 Å². The van der Waals surface area contributed by atoms with Crippen molar-refractivity contribution in [3.05, 3.63) is 69.6 Å². The molecule has 1 aliphatic rings. The highest BCUT2D eigenvalue weighted by molar-refractivity contribution is 7.09. The number of halogens is 1. The summed E-state index contributed by atoms with van der Waals surface area (Å²) in [5.74, 6) is 0.639. The third-order valence-corrected chi connectivity index (χ3v) is 5.77. The fraction of sp³-hybridized carbons (Fsp3) is 0.273. The van der Waals surface area contributed by atoms with Crippen LogP contribution in [0, 0.1) is 0 Å². The molecule has 30 heavy (non-hydrogen) atoms. The van der Waals surface area contributed by atoms with Gasteiger partial charge in [-0.1, -0.05) is 23.7 Å². The molecule has 0 unspecified atom stereocenters. The largest absolute Gasteiger partial charge is 0.486 e. The Labute approximate surface area is 184 Å². The number of morpholine rings is 1. The number of rotatable bonds is 7. The highest BCUT2D eigenvalue weighted by atomic mass is 35.5. The third kappa shape index (κ3) is 5.50. The minimum Gasteiger partial charge on any atom is -0.486 e. The normalized spacial score (nSPS) is 13.8. The molecule has 2 heterocycles. The van der Waals surface area contributed by atoms with E-state index in [1.54, 1.807) is 12.1 Å². The number of anilines is 2. The molecule has 2 aromatic carbocycles. The van der Waals surface area contributed by atoms with Gasteiger partial charge in [-0.2, -0.15) is 0 Å². The highest BCUT2D eigenvalue weighted by Crippen LogP contribution is 2.26. The average Bonchev–Trinajstić information content (AvgIpc) is 3.21. The van der Waals surface area contributed by atoms with E-state index in [9.17, 15) is 4.79 Å². The minimum atomic E-state index is -0.0915. The van der Waals surface area contributed by atoms with Crippen molar-refractivity contribution in [2.24, 2.45) is 0 Å². The predicted octanol–water partition coefficient (Wildman–Crippen LogP) is 4.39. The van der Waals surface area contributed by atoms with Crippen LogP contribution in [0.2, 0.25) is 5.02 Å². The van der Waals surface area contributed by atoms with E-state index in [4.69, 9.17) is 21.1 Å². The monoisotopic (exact) mass is 443 g/mol. The second kappa shape index (κ2) is 9.93. The van der Waals surface area contributed by atoms with Crippen molar-refractivity contribution in [3.63, 3.8) is 0 Å². The first-order valence-electron chi connectivity index (χ1n) is 9.70. The molecule has 0 spiro atoms. The van der Waals surface area contributed by atoms with Crippen molar-refractivity contribution in [1.29, 1.82) is 0 Å². The molecule has 1 aliphatic heterocycles. The van der Waals surface area contributed by atoms with E-state index in [-0.39, 0.29) is 12.3 Å². The molecule has 0 bridgehead atoms. The molecule has 0 aliphatic carbocycles. The molecule has 0 radical (unpaired) electrons. The molecule has 1 N–H and O–H groups in total. The lowest BCUT2D eigenvalue weighted by atomic mass is 10.2. The van der Waals surface area contributed by atoms with E-state index < -0.39 is 0 Å². The quantitative estimate of drug-likeness (QED) is 0.586. The van der Waals surface area contributed by atoms with Gasteiger partial charge in [-0.3, -0.25) is 4.79 Å². The van der Waals surface area contributed by atoms with Crippen LogP contribution in [0.1, 0.15) is 10.7 Å². The number of nitrogens with zero attached hydrogens (tertiary/aromatic N) is 2. The molecule has 4 rings (SSSR count). The number of ether oxygens (including phenoxy) is 2. The first-order valence-corrected chi connectivity index (χ1v) is 11.0. The summed E-state index contributed by atoms with van der Waals surface area (Å²) in [6.07, 6.45) is 0.217. The molecule has 1 amide bonds. The van der Waals surface area contributed by atoms with Crippen molar-refractivity contribution in [2.45, 2.75) is 13.0 Å². The van der Waals surface area contributed by atoms with Crippen molar-refractivity contribution in [1.82, 2.24) is 4.98 Å². The lowest BCUT2D eigenvalue weighted by Crippen LogP contribution is -2.36. The Morgan fingerprint density at radius 2 is 1.93 bits per heavy atom. The molecule has 156 valence electrons. The number of aromatic nitrogens is 1. The number of nitrogens with one attached hydrogen (secondary N) is 1. The number of hydrogen-bond donors (Lipinski definition) is 1. The Bertz CT molecular complexity index is 987. The third-order valence-electron chi connectivity index (χ3n) is 4.65. The zero-order chi connectivity index (χ0) is 20.8. The number of carbonyl (C=O) groups is 1. The molecular formula is C22H22ClN3O3S. The standard InChI is InChI=1S/C22H22ClN3O3S/c23-16-5-7-18(8-6-16)29-14-22-24-17(15-30-22)13-21(27)25-19-3-1-2-4-20(19)26-9-11-28-12-10-26/h1-8,15H,9-14H2,(H,25,27). The Hall–Kier alpha value is -2.61. The Balaban J connectivity index is 1.33. The Morgan fingerprint density at radius 3 is 2.73 bits per heavy atom. The lowest BCUT2D eigenvalue weighted by Gasteiger charge is -2.30. The van der Waals surface area contributed by atoms with Crippen LogP contribution in [0.25, 0.3) is 0 Å². The van der Waals surface area contributed by atoms with Crippen LogP contribution >= 0.6 is 22.9 Å². The average molecular weight is 444 g/mol. The molecule has 0 saturated carbocycles. The van der Waals surface area contributed by atoms with Crippen molar-refractivity contribution in [3.8, 4) is 5.75 Å². The van der Waals surface area contributed by atoms with Gasteiger partial charge in [0.1, 0.15) is 17.4 Å². The molecular weight excluding hydrogens is 422 g/mol. The van der Waals surface area contributed by atoms with Gasteiger partial charge in [0.25, 0.3) is 0 Å². The maximum absolute atomic E-state index is 12.6. The number of carbonyl (C=O) groups excluding carboxylic acids is 1. The van der Waals surface area contributed by atoms with Gasteiger partial charge in [0, 0.05) is 23.5 Å². The SMILES string of the molecule is O=C(Cc1csc(COc2ccc(Cl)cc2)n1)Nc1ccccc1N1CCOCC1. The van der Waals surface area contributed by atoms with Gasteiger partial charge >= 0.3 is 0 Å². The predicted molar refractivity (Wildman–Crippen MR) is 120 cm³/mol. The summed E-state index contributed by atoms with van der Waals surface area (Å²) >= 11 is 7.36. The maximum Gasteiger partial charge on any atom is 0.230 e. The van der Waals surface area contributed by atoms with Crippen LogP contribution in [0.3, 0.4) is 0 Å². The highest BCUT2D eigenvalue weighted by Gasteiger charge is 2.16. The first kappa shape index (κ1) is 20.7. The maximum atomic E-state index is 12.6. The smallest absolute Gasteiger partial charge is 0.230 e. The fourth-order valence-corrected chi connectivity index (χ4v) is 4.02. The number of thiazole rings is 1. The van der Waals surface area contributed by atoms with Gasteiger partial charge < -0.3 is 19.7 Å². The summed E-state index contributed by atoms with van der Waals surface area (Å²) in [5, 5.41) is 6.41. The van der Waals surface area contributed by atoms with E-state index in [0.717, 1.165) is 40.9 Å². The van der Waals surface area contributed by atoms with Crippen LogP contribution in [0.5, 0.6) is 5.75 Å². The van der Waals surface area contributed by atoms with Gasteiger partial charge in [-0.15, -0.1) is 11.3 Å². The van der Waals surface area contributed by atoms with Crippen molar-refractivity contribution < 1.29 is 14.3 Å². The van der Waals surface area contributed by atoms with Crippen molar-refractivity contribution >= 4 is 40.2 Å². The van der Waals surface area contributed by atoms with Crippen LogP contribution in [-0.2, 0) is 22.6 Å². The van der Waals surface area contributed by atoms with Gasteiger partial charge in [0.05, 0.1) is 36.7 Å². The molecule has 3 aromatic rings. The van der Waals surface area contributed by atoms with E-state index in [1.807, 2.05) is 41.8 Å². The topological polar surface area (TPSA) is 63.7 Å². The fourth-order valence-electron chi connectivity index (χ4n) is 3.19. The number of amides is 1. The van der Waals surface area contributed by atoms with E-state index in [1.165, 1.54) is 11.3 Å². The Morgan fingerprint density at radius 1 is 1.17 bits per heavy atom. The zero-order valence-electron chi connectivity index (χ0n) is 16.3. The van der Waals surface area contributed by atoms with Crippen LogP contribution < -0.4 is 15.0 Å². The van der Waals surface area contributed by atoms with Crippen LogP contribution in [-0.4, -0.2) is 37.2 Å². The van der Waals surface area contributed by atoms with E-state index in [0.29, 0.717) is 24.8 Å². The molecule has 1 aromatic heterocycles. The summed E-state index contributed by atoms with van der Waals surface area (Å²) in [7, 11) is 0. The van der Waals surface area contributed by atoms with E-state index >= 15 is 0 Å². The van der Waals surface area contributed by atoms with Gasteiger partial charge in [-0.05, 0) is 36.4 Å². The Kier molecular flexibility index (Phi) is 6.84. The number of hydrogen-bond acceptors (Lipinski definition) is 6. The van der Waals surface area contributed by atoms with Gasteiger partial charge in [-0.25, -0.2) is 4.98 Å². The zero-order valence-corrected chi connectivity index (χ0v) is 17.9. The summed E-state index contributed by atoms with van der Waals surface area (Å²) in [6.45, 7) is 3.38. The van der Waals surface area contributed by atoms with Gasteiger partial charge in [0.15, 0.2) is 0 Å². The lowest BCUT2D eigenvalue weighted by molar-refractivity contribution is -0.115. The second-order valence-corrected chi connectivity index (χ2v) is 8.20.